The monoisotopic (exact) mass is 1000 g/mol. The minimum Gasteiger partial charge on any atom is -0.550 e. The Kier molecular flexibility index (Phi) is 18.4. The van der Waals surface area contributed by atoms with Crippen molar-refractivity contribution in [3.05, 3.63) is 81.7 Å². The Hall–Kier alpha value is -4.00. The van der Waals surface area contributed by atoms with Crippen LogP contribution in [0, 0.1) is 11.6 Å². The fourth-order valence-corrected chi connectivity index (χ4v) is 9.01. The molecule has 23 heteroatoms. The second kappa shape index (κ2) is 22.2. The molecule has 0 bridgehead atoms. The van der Waals surface area contributed by atoms with Gasteiger partial charge in [0, 0.05) is 85.8 Å². The van der Waals surface area contributed by atoms with Gasteiger partial charge in [0.25, 0.3) is 0 Å². The molecule has 2 aromatic carbocycles. The van der Waals surface area contributed by atoms with Gasteiger partial charge in [-0.3, -0.25) is 0 Å². The Morgan fingerprint density at radius 3 is 1.27 bits per heavy atom. The van der Waals surface area contributed by atoms with Crippen LogP contribution < -0.4 is 18.8 Å². The van der Waals surface area contributed by atoms with Gasteiger partial charge in [-0.1, -0.05) is 27.7 Å². The van der Waals surface area contributed by atoms with Gasteiger partial charge in [-0.2, -0.15) is 0 Å². The number of carbonyl (C=O) groups is 2. The topological polar surface area (TPSA) is 287 Å². The third-order valence-corrected chi connectivity index (χ3v) is 14.0. The first-order valence-corrected chi connectivity index (χ1v) is 24.7. The summed E-state index contributed by atoms with van der Waals surface area (Å²) in [7, 11) is -4.56. The summed E-state index contributed by atoms with van der Waals surface area (Å²) >= 11 is 0. The van der Waals surface area contributed by atoms with Crippen LogP contribution in [0.4, 0.5) is 20.7 Å². The van der Waals surface area contributed by atoms with Crippen LogP contribution in [0.1, 0.15) is 111 Å². The van der Waals surface area contributed by atoms with Gasteiger partial charge >= 0.3 is 37.7 Å². The van der Waals surface area contributed by atoms with Gasteiger partial charge in [-0.15, -0.1) is 0 Å². The molecule has 2 aromatic heterocycles. The van der Waals surface area contributed by atoms with Crippen LogP contribution in [0.15, 0.2) is 36.4 Å². The van der Waals surface area contributed by atoms with Crippen LogP contribution >= 0.6 is 0 Å². The molecule has 0 aliphatic heterocycles. The van der Waals surface area contributed by atoms with Gasteiger partial charge in [-0.05, 0) is 72.2 Å². The number of rotatable bonds is 16. The van der Waals surface area contributed by atoms with Gasteiger partial charge in [0.2, 0.25) is 31.9 Å². The van der Waals surface area contributed by atoms with Crippen LogP contribution in [0.5, 0.6) is 0 Å². The number of aliphatic hydroxyl groups excluding tert-OH is 4. The van der Waals surface area contributed by atoms with Gasteiger partial charge < -0.3 is 40.2 Å². The molecule has 67 heavy (non-hydrogen) atoms. The van der Waals surface area contributed by atoms with Crippen molar-refractivity contribution in [1.29, 1.82) is 0 Å². The zero-order valence-electron chi connectivity index (χ0n) is 38.3. The van der Waals surface area contributed by atoms with Crippen molar-refractivity contribution in [3.8, 4) is 22.5 Å². The molecular formula is C44H54CaF2N6O12S2. The summed E-state index contributed by atoms with van der Waals surface area (Å²) < 4.78 is 78.6. The minimum atomic E-state index is -3.63. The number of anilines is 2. The molecule has 0 saturated carbocycles. The molecule has 4 unspecified atom stereocenters. The molecule has 4 aromatic rings. The number of aliphatic hydroxyl groups is 4. The van der Waals surface area contributed by atoms with Crippen LogP contribution in [-0.4, -0.2) is 158 Å². The summed E-state index contributed by atoms with van der Waals surface area (Å²) in [6.45, 7) is 7.56. The molecule has 4 N–H and O–H groups in total. The number of hydrogen-bond acceptors (Lipinski definition) is 16. The predicted octanol–water partition coefficient (Wildman–Crippen LogP) is 1.01. The Morgan fingerprint density at radius 2 is 0.985 bits per heavy atom. The molecule has 0 amide bonds. The SMILES string of the molecule is CC(C)c1nc(N(C)S(C)(=O)=O)nc2c1CC(C(O)C[C@H](O)CC(=O)[O-])c1cc(F)ccc1-2.CC(C)c1nc(N(C)S(C)(=O)=O)nc2c1CC(C(O)C[C@H](O)CC(=O)[O-])c1cc(F)ccc1-2.[Ca+2]. The summed E-state index contributed by atoms with van der Waals surface area (Å²) in [5, 5.41) is 63.3. The third-order valence-electron chi connectivity index (χ3n) is 11.7. The van der Waals surface area contributed by atoms with Crippen LogP contribution in [-0.2, 0) is 42.5 Å². The number of carboxylic acid groups (broad SMARTS) is 2. The third kappa shape index (κ3) is 13.2. The van der Waals surface area contributed by atoms with E-state index in [0.29, 0.717) is 56.2 Å². The van der Waals surface area contributed by atoms with Gasteiger partial charge in [0.05, 0.1) is 59.7 Å². The van der Waals surface area contributed by atoms with E-state index in [1.54, 1.807) is 0 Å². The molecule has 2 aliphatic rings. The molecule has 360 valence electrons. The largest absolute Gasteiger partial charge is 2.00 e. The number of aromatic nitrogens is 4. The van der Waals surface area contributed by atoms with Crippen molar-refractivity contribution in [2.75, 3.05) is 35.2 Å². The van der Waals surface area contributed by atoms with E-state index in [1.807, 2.05) is 27.7 Å². The van der Waals surface area contributed by atoms with Gasteiger partial charge in [-0.25, -0.2) is 54.2 Å². The van der Waals surface area contributed by atoms with Crippen molar-refractivity contribution in [2.45, 2.75) is 114 Å². The van der Waals surface area contributed by atoms with Crippen LogP contribution in [0.3, 0.4) is 0 Å². The minimum absolute atomic E-state index is 0. The molecule has 0 radical (unpaired) electrons. The quantitative estimate of drug-likeness (QED) is 0.114. The molecular weight excluding hydrogens is 947 g/mol. The maximum absolute atomic E-state index is 14.2. The maximum Gasteiger partial charge on any atom is 2.00 e. The summed E-state index contributed by atoms with van der Waals surface area (Å²) in [6.07, 6.45) is -4.23. The van der Waals surface area contributed by atoms with E-state index >= 15 is 0 Å². The molecule has 6 rings (SSSR count). The first-order valence-electron chi connectivity index (χ1n) is 21.0. The van der Waals surface area contributed by atoms with E-state index in [-0.39, 0.29) is 87.2 Å². The molecule has 18 nitrogen and oxygen atoms in total. The van der Waals surface area contributed by atoms with E-state index in [9.17, 15) is 65.8 Å². The Balaban J connectivity index is 0.000000288. The summed E-state index contributed by atoms with van der Waals surface area (Å²) in [5.41, 5.74) is 5.38. The van der Waals surface area contributed by atoms with E-state index in [1.165, 1.54) is 50.5 Å². The second-order valence-electron chi connectivity index (χ2n) is 17.4. The van der Waals surface area contributed by atoms with E-state index < -0.39 is 92.7 Å². The zero-order chi connectivity index (χ0) is 49.3. The van der Waals surface area contributed by atoms with E-state index in [4.69, 9.17) is 0 Å². The predicted molar refractivity (Wildman–Crippen MR) is 241 cm³/mol. The van der Waals surface area contributed by atoms with Crippen molar-refractivity contribution in [3.63, 3.8) is 0 Å². The fraction of sp³-hybridized carbons (Fsp3) is 0.500. The Bertz CT molecular complexity index is 2530. The molecule has 2 heterocycles. The zero-order valence-corrected chi connectivity index (χ0v) is 42.2. The average molecular weight is 1000 g/mol. The van der Waals surface area contributed by atoms with Crippen LogP contribution in [0.2, 0.25) is 0 Å². The summed E-state index contributed by atoms with van der Waals surface area (Å²) in [6, 6.07) is 8.07. The standard InChI is InChI=1S/2C22H28FN3O6S.Ca/c2*1-11(2)20-17-10-16(18(28)8-13(27)9-19(29)30)15-7-12(23)5-6-14(15)21(17)25-22(24-20)26(3)33(4,31)32;/h2*5-7,11,13,16,18,27-28H,8-10H2,1-4H3,(H,29,30);/q;;+2/p-2/t2*13-,16?,18?;/m00./s1. The molecule has 0 saturated heterocycles. The van der Waals surface area contributed by atoms with Gasteiger partial charge in [0.15, 0.2) is 0 Å². The van der Waals surface area contributed by atoms with Crippen LogP contribution in [0.25, 0.3) is 22.5 Å². The smallest absolute Gasteiger partial charge is 0.550 e. The summed E-state index contributed by atoms with van der Waals surface area (Å²) in [4.78, 5) is 39.5. The fourth-order valence-electron chi connectivity index (χ4n) is 8.26. The maximum atomic E-state index is 14.2. The summed E-state index contributed by atoms with van der Waals surface area (Å²) in [5.74, 6) is -5.50. The number of sulfonamides is 2. The number of aliphatic carboxylic acids is 2. The molecule has 0 fully saturated rings. The van der Waals surface area contributed by atoms with E-state index in [2.05, 4.69) is 19.9 Å². The number of carbonyl (C=O) groups excluding carboxylic acids is 2. The van der Waals surface area contributed by atoms with Crippen molar-refractivity contribution < 1.29 is 65.8 Å². The number of hydrogen-bond donors (Lipinski definition) is 4. The first-order chi connectivity index (χ1) is 30.6. The first kappa shape index (κ1) is 55.6. The van der Waals surface area contributed by atoms with Crippen molar-refractivity contribution >= 4 is 81.6 Å². The number of fused-ring (bicyclic) bond motifs is 6. The Labute approximate surface area is 418 Å². The molecule has 6 atom stereocenters. The van der Waals surface area contributed by atoms with Crippen molar-refractivity contribution in [1.82, 2.24) is 19.9 Å². The second-order valence-corrected chi connectivity index (χ2v) is 21.4. The van der Waals surface area contributed by atoms with E-state index in [0.717, 1.165) is 21.1 Å². The molecule has 2 aliphatic carbocycles. The van der Waals surface area contributed by atoms with Gasteiger partial charge in [0.1, 0.15) is 11.6 Å². The normalized spacial score (nSPS) is 17.0. The van der Waals surface area contributed by atoms with Crippen molar-refractivity contribution in [2.24, 2.45) is 0 Å². The average Bonchev–Trinajstić information content (AvgIpc) is 3.20. The number of benzene rings is 2. The number of nitrogens with zero attached hydrogens (tertiary/aromatic N) is 6. The number of halogens is 2. The molecule has 0 spiro atoms. The Morgan fingerprint density at radius 1 is 0.657 bits per heavy atom. The number of carboxylic acids is 2.